The first-order valence-corrected chi connectivity index (χ1v) is 6.98. The van der Waals surface area contributed by atoms with Gasteiger partial charge in [-0.2, -0.15) is 0 Å². The quantitative estimate of drug-likeness (QED) is 0.897. The summed E-state index contributed by atoms with van der Waals surface area (Å²) in [4.78, 5) is 1.25. The first-order chi connectivity index (χ1) is 8.72. The van der Waals surface area contributed by atoms with E-state index < -0.39 is 0 Å². The maximum Gasteiger partial charge on any atom is 0.119 e. The second kappa shape index (κ2) is 6.23. The molecule has 2 nitrogen and oxygen atoms in total. The van der Waals surface area contributed by atoms with Crippen LogP contribution in [0.2, 0.25) is 4.34 Å². The number of hydrogen-bond donors (Lipinski definition) is 1. The molecule has 96 valence electrons. The van der Waals surface area contributed by atoms with E-state index >= 15 is 0 Å². The van der Waals surface area contributed by atoms with E-state index in [0.29, 0.717) is 0 Å². The van der Waals surface area contributed by atoms with Crippen molar-refractivity contribution in [1.29, 1.82) is 0 Å². The van der Waals surface area contributed by atoms with Gasteiger partial charge in [-0.1, -0.05) is 23.7 Å². The maximum absolute atomic E-state index is 5.98. The number of methoxy groups -OCH3 is 1. The normalized spacial score (nSPS) is 12.4. The van der Waals surface area contributed by atoms with Crippen molar-refractivity contribution in [3.8, 4) is 5.75 Å². The van der Waals surface area contributed by atoms with Gasteiger partial charge >= 0.3 is 0 Å². The number of benzene rings is 1. The first-order valence-electron chi connectivity index (χ1n) is 5.78. The largest absolute Gasteiger partial charge is 0.497 e. The lowest BCUT2D eigenvalue weighted by atomic mass is 10.0. The van der Waals surface area contributed by atoms with Gasteiger partial charge in [-0.15, -0.1) is 11.3 Å². The van der Waals surface area contributed by atoms with Gasteiger partial charge in [0.25, 0.3) is 0 Å². The summed E-state index contributed by atoms with van der Waals surface area (Å²) >= 11 is 7.60. The van der Waals surface area contributed by atoms with Crippen molar-refractivity contribution >= 4 is 22.9 Å². The second-order valence-corrected chi connectivity index (χ2v) is 5.79. The third kappa shape index (κ3) is 3.25. The molecular weight excluding hydrogens is 266 g/mol. The summed E-state index contributed by atoms with van der Waals surface area (Å²) < 4.78 is 6.07. The smallest absolute Gasteiger partial charge is 0.119 e. The molecule has 0 fully saturated rings. The molecule has 0 saturated heterocycles. The van der Waals surface area contributed by atoms with Crippen LogP contribution in [0.3, 0.4) is 0 Å². The Morgan fingerprint density at radius 1 is 1.33 bits per heavy atom. The van der Waals surface area contributed by atoms with E-state index in [9.17, 15) is 0 Å². The molecular formula is C14H16ClNOS. The SMILES string of the molecule is CNC(Cc1cccc(OC)c1)c1ccc(Cl)s1. The van der Waals surface area contributed by atoms with Gasteiger partial charge in [0, 0.05) is 10.9 Å². The zero-order valence-corrected chi connectivity index (χ0v) is 12.0. The van der Waals surface area contributed by atoms with Gasteiger partial charge in [0.1, 0.15) is 5.75 Å². The van der Waals surface area contributed by atoms with Gasteiger partial charge < -0.3 is 10.1 Å². The van der Waals surface area contributed by atoms with E-state index in [1.54, 1.807) is 18.4 Å². The van der Waals surface area contributed by atoms with Crippen molar-refractivity contribution < 1.29 is 4.74 Å². The topological polar surface area (TPSA) is 21.3 Å². The van der Waals surface area contributed by atoms with Gasteiger partial charge in [0.05, 0.1) is 11.4 Å². The zero-order valence-electron chi connectivity index (χ0n) is 10.4. The molecule has 1 unspecified atom stereocenters. The minimum Gasteiger partial charge on any atom is -0.497 e. The van der Waals surface area contributed by atoms with Crippen LogP contribution >= 0.6 is 22.9 Å². The lowest BCUT2D eigenvalue weighted by molar-refractivity contribution is 0.414. The van der Waals surface area contributed by atoms with E-state index in [1.165, 1.54) is 10.4 Å². The Labute approximate surface area is 117 Å². The Morgan fingerprint density at radius 2 is 2.17 bits per heavy atom. The van der Waals surface area contributed by atoms with Crippen molar-refractivity contribution in [2.24, 2.45) is 0 Å². The molecule has 1 heterocycles. The van der Waals surface area contributed by atoms with Crippen molar-refractivity contribution in [3.63, 3.8) is 0 Å². The number of nitrogens with one attached hydrogen (secondary N) is 1. The fourth-order valence-corrected chi connectivity index (χ4v) is 3.07. The minimum atomic E-state index is 0.287. The van der Waals surface area contributed by atoms with E-state index in [0.717, 1.165) is 16.5 Å². The molecule has 0 aliphatic carbocycles. The molecule has 1 N–H and O–H groups in total. The highest BCUT2D eigenvalue weighted by atomic mass is 35.5. The fraction of sp³-hybridized carbons (Fsp3) is 0.286. The van der Waals surface area contributed by atoms with Gasteiger partial charge in [-0.05, 0) is 43.3 Å². The lowest BCUT2D eigenvalue weighted by Crippen LogP contribution is -2.17. The van der Waals surface area contributed by atoms with Gasteiger partial charge in [0.15, 0.2) is 0 Å². The summed E-state index contributed by atoms with van der Waals surface area (Å²) in [7, 11) is 3.66. The highest BCUT2D eigenvalue weighted by Crippen LogP contribution is 2.29. The molecule has 0 bridgehead atoms. The molecule has 2 aromatic rings. The Kier molecular flexibility index (Phi) is 4.64. The molecule has 1 aromatic carbocycles. The summed E-state index contributed by atoms with van der Waals surface area (Å²) in [6.45, 7) is 0. The highest BCUT2D eigenvalue weighted by Gasteiger charge is 2.12. The highest BCUT2D eigenvalue weighted by molar-refractivity contribution is 7.16. The Morgan fingerprint density at radius 3 is 2.78 bits per heavy atom. The van der Waals surface area contributed by atoms with Crippen LogP contribution in [0.5, 0.6) is 5.75 Å². The summed E-state index contributed by atoms with van der Waals surface area (Å²) in [5.74, 6) is 0.895. The number of hydrogen-bond acceptors (Lipinski definition) is 3. The van der Waals surface area contributed by atoms with E-state index in [4.69, 9.17) is 16.3 Å². The number of halogens is 1. The third-order valence-corrected chi connectivity index (χ3v) is 4.20. The molecule has 0 saturated carbocycles. The molecule has 0 spiro atoms. The predicted molar refractivity (Wildman–Crippen MR) is 77.8 cm³/mol. The fourth-order valence-electron chi connectivity index (χ4n) is 1.90. The Bertz CT molecular complexity index is 512. The first kappa shape index (κ1) is 13.4. The molecule has 2 rings (SSSR count). The van der Waals surface area contributed by atoms with Crippen molar-refractivity contribution in [1.82, 2.24) is 5.32 Å². The molecule has 0 radical (unpaired) electrons. The van der Waals surface area contributed by atoms with Crippen LogP contribution in [-0.2, 0) is 6.42 Å². The van der Waals surface area contributed by atoms with Crippen LogP contribution < -0.4 is 10.1 Å². The zero-order chi connectivity index (χ0) is 13.0. The molecule has 1 atom stereocenters. The van der Waals surface area contributed by atoms with Crippen molar-refractivity contribution in [3.05, 3.63) is 51.2 Å². The van der Waals surface area contributed by atoms with Crippen LogP contribution in [0.15, 0.2) is 36.4 Å². The maximum atomic E-state index is 5.98. The van der Waals surface area contributed by atoms with Gasteiger partial charge in [0.2, 0.25) is 0 Å². The molecule has 0 amide bonds. The summed E-state index contributed by atoms with van der Waals surface area (Å²) in [5.41, 5.74) is 1.25. The monoisotopic (exact) mass is 281 g/mol. The lowest BCUT2D eigenvalue weighted by Gasteiger charge is -2.15. The van der Waals surface area contributed by atoms with E-state index in [1.807, 2.05) is 25.2 Å². The van der Waals surface area contributed by atoms with E-state index in [2.05, 4.69) is 23.5 Å². The van der Waals surface area contributed by atoms with Gasteiger partial charge in [-0.25, -0.2) is 0 Å². The minimum absolute atomic E-state index is 0.287. The molecule has 18 heavy (non-hydrogen) atoms. The Hall–Kier alpha value is -1.03. The van der Waals surface area contributed by atoms with Crippen LogP contribution in [0.25, 0.3) is 0 Å². The number of ether oxygens (including phenoxy) is 1. The predicted octanol–water partition coefficient (Wildman–Crippen LogP) is 3.91. The second-order valence-electron chi connectivity index (χ2n) is 4.04. The van der Waals surface area contributed by atoms with Crippen LogP contribution in [0.4, 0.5) is 0 Å². The summed E-state index contributed by atoms with van der Waals surface area (Å²) in [6, 6.07) is 12.5. The van der Waals surface area contributed by atoms with Crippen molar-refractivity contribution in [2.75, 3.05) is 14.2 Å². The average molecular weight is 282 g/mol. The summed E-state index contributed by atoms with van der Waals surface area (Å²) in [5, 5.41) is 3.33. The van der Waals surface area contributed by atoms with Gasteiger partial charge in [-0.3, -0.25) is 0 Å². The molecule has 4 heteroatoms. The summed E-state index contributed by atoms with van der Waals surface area (Å²) in [6.07, 6.45) is 0.921. The molecule has 0 aliphatic rings. The number of likely N-dealkylation sites (N-methyl/N-ethyl adjacent to an activating group) is 1. The van der Waals surface area contributed by atoms with E-state index in [-0.39, 0.29) is 6.04 Å². The third-order valence-electron chi connectivity index (χ3n) is 2.86. The van der Waals surface area contributed by atoms with Crippen LogP contribution in [0.1, 0.15) is 16.5 Å². The number of rotatable bonds is 5. The average Bonchev–Trinajstić information content (AvgIpc) is 2.82. The standard InChI is InChI=1S/C14H16ClNOS/c1-16-12(13-6-7-14(15)18-13)9-10-4-3-5-11(8-10)17-2/h3-8,12,16H,9H2,1-2H3. The molecule has 1 aromatic heterocycles. The number of thiophene rings is 1. The van der Waals surface area contributed by atoms with Crippen molar-refractivity contribution in [2.45, 2.75) is 12.5 Å². The molecule has 0 aliphatic heterocycles. The van der Waals surface area contributed by atoms with Crippen LogP contribution in [-0.4, -0.2) is 14.2 Å². The Balaban J connectivity index is 2.14. The van der Waals surface area contributed by atoms with Crippen LogP contribution in [0, 0.1) is 0 Å².